The summed E-state index contributed by atoms with van der Waals surface area (Å²) < 4.78 is 0. The molecule has 1 atom stereocenters. The van der Waals surface area contributed by atoms with Crippen LogP contribution in [0.3, 0.4) is 0 Å². The lowest BCUT2D eigenvalue weighted by molar-refractivity contribution is -0.125. The molecule has 2 N–H and O–H groups in total. The van der Waals surface area contributed by atoms with Crippen molar-refractivity contribution in [2.45, 2.75) is 23.1 Å². The van der Waals surface area contributed by atoms with Crippen molar-refractivity contribution < 1.29 is 14.4 Å². The van der Waals surface area contributed by atoms with Crippen molar-refractivity contribution in [2.24, 2.45) is 0 Å². The molecule has 4 rings (SSSR count). The summed E-state index contributed by atoms with van der Waals surface area (Å²) in [7, 11) is 0. The average molecular weight is 367 g/mol. The Morgan fingerprint density at radius 1 is 1.19 bits per heavy atom. The van der Waals surface area contributed by atoms with E-state index >= 15 is 0 Å². The maximum Gasteiger partial charge on any atom is 0.324 e. The third kappa shape index (κ3) is 3.30. The Labute approximate surface area is 154 Å². The SMILES string of the molecule is O=C(Nc1cccc(CN2C(=O)CNC2=O)c1)C1Cc2ccccc2S1. The zero-order valence-corrected chi connectivity index (χ0v) is 14.7. The molecule has 0 saturated carbocycles. The topological polar surface area (TPSA) is 78.5 Å². The minimum atomic E-state index is -0.385. The predicted molar refractivity (Wildman–Crippen MR) is 98.8 cm³/mol. The molecule has 7 heteroatoms. The minimum absolute atomic E-state index is 0.0364. The molecule has 0 aromatic heterocycles. The molecule has 1 saturated heterocycles. The number of carbonyl (C=O) groups is 3. The zero-order valence-electron chi connectivity index (χ0n) is 13.9. The van der Waals surface area contributed by atoms with E-state index in [0.717, 1.165) is 16.9 Å². The molecule has 2 aromatic rings. The molecule has 1 fully saturated rings. The number of nitrogens with zero attached hydrogens (tertiary/aromatic N) is 1. The first-order valence-corrected chi connectivity index (χ1v) is 9.21. The van der Waals surface area contributed by atoms with E-state index in [1.54, 1.807) is 30.0 Å². The second-order valence-corrected chi connectivity index (χ2v) is 7.49. The fourth-order valence-electron chi connectivity index (χ4n) is 3.10. The van der Waals surface area contributed by atoms with E-state index in [1.807, 2.05) is 30.3 Å². The summed E-state index contributed by atoms with van der Waals surface area (Å²) in [5, 5.41) is 5.29. The van der Waals surface area contributed by atoms with Crippen LogP contribution >= 0.6 is 11.8 Å². The van der Waals surface area contributed by atoms with Crippen LogP contribution in [0.25, 0.3) is 0 Å². The maximum absolute atomic E-state index is 12.6. The van der Waals surface area contributed by atoms with Gasteiger partial charge in [-0.3, -0.25) is 14.5 Å². The molecule has 2 aliphatic rings. The fourth-order valence-corrected chi connectivity index (χ4v) is 4.29. The average Bonchev–Trinajstić information content (AvgIpc) is 3.21. The van der Waals surface area contributed by atoms with E-state index in [4.69, 9.17) is 0 Å². The quantitative estimate of drug-likeness (QED) is 0.814. The molecule has 4 amide bonds. The summed E-state index contributed by atoms with van der Waals surface area (Å²) in [6.45, 7) is 0.229. The number of urea groups is 1. The Hall–Kier alpha value is -2.80. The molecule has 132 valence electrons. The smallest absolute Gasteiger partial charge is 0.324 e. The minimum Gasteiger partial charge on any atom is -0.329 e. The Morgan fingerprint density at radius 2 is 2.04 bits per heavy atom. The third-order valence-electron chi connectivity index (χ3n) is 4.41. The molecule has 6 nitrogen and oxygen atoms in total. The van der Waals surface area contributed by atoms with Crippen LogP contribution in [0.2, 0.25) is 0 Å². The van der Waals surface area contributed by atoms with Gasteiger partial charge in [-0.1, -0.05) is 30.3 Å². The number of thioether (sulfide) groups is 1. The van der Waals surface area contributed by atoms with Crippen LogP contribution in [0.4, 0.5) is 10.5 Å². The second-order valence-electron chi connectivity index (χ2n) is 6.25. The van der Waals surface area contributed by atoms with Crippen molar-refractivity contribution in [3.8, 4) is 0 Å². The lowest BCUT2D eigenvalue weighted by Gasteiger charge is -2.14. The summed E-state index contributed by atoms with van der Waals surface area (Å²) >= 11 is 1.58. The van der Waals surface area contributed by atoms with E-state index in [9.17, 15) is 14.4 Å². The Balaban J connectivity index is 1.42. The molecule has 1 unspecified atom stereocenters. The largest absolute Gasteiger partial charge is 0.329 e. The number of amides is 4. The summed E-state index contributed by atoms with van der Waals surface area (Å²) in [5.74, 6) is -0.289. The molecule has 26 heavy (non-hydrogen) atoms. The summed E-state index contributed by atoms with van der Waals surface area (Å²) in [5.41, 5.74) is 2.65. The molecule has 0 radical (unpaired) electrons. The number of hydrogen-bond acceptors (Lipinski definition) is 4. The van der Waals surface area contributed by atoms with Gasteiger partial charge in [0.2, 0.25) is 11.8 Å². The summed E-state index contributed by atoms with van der Waals surface area (Å²) in [6, 6.07) is 14.9. The summed E-state index contributed by atoms with van der Waals surface area (Å²) in [6.07, 6.45) is 0.717. The highest BCUT2D eigenvalue weighted by molar-refractivity contribution is 8.01. The highest BCUT2D eigenvalue weighted by atomic mass is 32.2. The fraction of sp³-hybridized carbons (Fsp3) is 0.211. The third-order valence-corrected chi connectivity index (χ3v) is 5.73. The molecule has 2 aliphatic heterocycles. The second kappa shape index (κ2) is 6.84. The monoisotopic (exact) mass is 367 g/mol. The van der Waals surface area contributed by atoms with Crippen molar-refractivity contribution in [3.63, 3.8) is 0 Å². The highest BCUT2D eigenvalue weighted by Crippen LogP contribution is 2.37. The normalized spacial score (nSPS) is 18.6. The number of anilines is 1. The first kappa shape index (κ1) is 16.7. The number of nitrogens with one attached hydrogen (secondary N) is 2. The van der Waals surface area contributed by atoms with Gasteiger partial charge in [0.05, 0.1) is 18.3 Å². The van der Waals surface area contributed by atoms with Crippen molar-refractivity contribution >= 4 is 35.3 Å². The molecular formula is C19H17N3O3S. The van der Waals surface area contributed by atoms with Crippen LogP contribution in [-0.2, 0) is 22.6 Å². The van der Waals surface area contributed by atoms with Crippen LogP contribution in [0, 0.1) is 0 Å². The number of hydrogen-bond donors (Lipinski definition) is 2. The first-order valence-electron chi connectivity index (χ1n) is 8.33. The van der Waals surface area contributed by atoms with Crippen LogP contribution in [0.1, 0.15) is 11.1 Å². The standard InChI is InChI=1S/C19H17N3O3S/c23-17-10-20-19(25)22(17)11-12-4-3-6-14(8-12)21-18(24)16-9-13-5-1-2-7-15(13)26-16/h1-8,16H,9-11H2,(H,20,25)(H,21,24). The van der Waals surface area contributed by atoms with Gasteiger partial charge in [-0.2, -0.15) is 0 Å². The van der Waals surface area contributed by atoms with E-state index < -0.39 is 0 Å². The van der Waals surface area contributed by atoms with E-state index in [2.05, 4.69) is 10.6 Å². The van der Waals surface area contributed by atoms with Gasteiger partial charge >= 0.3 is 6.03 Å². The number of rotatable bonds is 4. The summed E-state index contributed by atoms with van der Waals surface area (Å²) in [4.78, 5) is 38.3. The van der Waals surface area contributed by atoms with E-state index in [0.29, 0.717) is 5.69 Å². The lowest BCUT2D eigenvalue weighted by atomic mass is 10.1. The van der Waals surface area contributed by atoms with Gasteiger partial charge in [-0.25, -0.2) is 4.79 Å². The Kier molecular flexibility index (Phi) is 4.38. The van der Waals surface area contributed by atoms with Crippen LogP contribution in [-0.4, -0.2) is 34.5 Å². The Morgan fingerprint density at radius 3 is 2.81 bits per heavy atom. The van der Waals surface area contributed by atoms with Crippen LogP contribution in [0.15, 0.2) is 53.4 Å². The predicted octanol–water partition coefficient (Wildman–Crippen LogP) is 2.39. The molecule has 0 aliphatic carbocycles. The van der Waals surface area contributed by atoms with E-state index in [-0.39, 0.29) is 36.2 Å². The number of imide groups is 1. The lowest BCUT2D eigenvalue weighted by Crippen LogP contribution is -2.30. The Bertz CT molecular complexity index is 858. The number of fused-ring (bicyclic) bond motifs is 1. The van der Waals surface area contributed by atoms with Crippen LogP contribution in [0.5, 0.6) is 0 Å². The number of carbonyl (C=O) groups excluding carboxylic acids is 3. The van der Waals surface area contributed by atoms with Crippen molar-refractivity contribution in [2.75, 3.05) is 11.9 Å². The molecule has 0 bridgehead atoms. The van der Waals surface area contributed by atoms with Gasteiger partial charge in [0.15, 0.2) is 0 Å². The zero-order chi connectivity index (χ0) is 18.1. The van der Waals surface area contributed by atoms with Gasteiger partial charge in [0.1, 0.15) is 0 Å². The van der Waals surface area contributed by atoms with Crippen molar-refractivity contribution in [1.29, 1.82) is 0 Å². The van der Waals surface area contributed by atoms with Gasteiger partial charge in [-0.05, 0) is 35.7 Å². The van der Waals surface area contributed by atoms with E-state index in [1.165, 1.54) is 10.5 Å². The molecular weight excluding hydrogens is 350 g/mol. The first-order chi connectivity index (χ1) is 12.6. The maximum atomic E-state index is 12.6. The van der Waals surface area contributed by atoms with Crippen molar-refractivity contribution in [1.82, 2.24) is 10.2 Å². The van der Waals surface area contributed by atoms with Crippen molar-refractivity contribution in [3.05, 3.63) is 59.7 Å². The number of benzene rings is 2. The van der Waals surface area contributed by atoms with Gasteiger partial charge in [-0.15, -0.1) is 11.8 Å². The molecule has 2 aromatic carbocycles. The van der Waals surface area contributed by atoms with Gasteiger partial charge in [0.25, 0.3) is 0 Å². The van der Waals surface area contributed by atoms with Gasteiger partial charge in [0, 0.05) is 10.6 Å². The van der Waals surface area contributed by atoms with Crippen LogP contribution < -0.4 is 10.6 Å². The molecule has 2 heterocycles. The van der Waals surface area contributed by atoms with Gasteiger partial charge < -0.3 is 10.6 Å². The molecule has 0 spiro atoms. The highest BCUT2D eigenvalue weighted by Gasteiger charge is 2.29.